The number of halogens is 3. The number of aromatic nitrogens is 1. The largest absolute Gasteiger partial charge is 0.418 e. The minimum absolute atomic E-state index is 0.0168. The lowest BCUT2D eigenvalue weighted by Crippen LogP contribution is -2.46. The maximum atomic E-state index is 13.7. The number of anilines is 3. The molecular weight excluding hydrogens is 377 g/mol. The molecule has 3 rings (SSSR count). The Morgan fingerprint density at radius 1 is 1.18 bits per heavy atom. The summed E-state index contributed by atoms with van der Waals surface area (Å²) in [6.07, 6.45) is -4.93. The molecule has 2 N–H and O–H groups in total. The molecule has 10 heteroatoms. The Morgan fingerprint density at radius 3 is 2.43 bits per heavy atom. The quantitative estimate of drug-likeness (QED) is 0.808. The number of alkyl halides is 3. The second-order valence-electron chi connectivity index (χ2n) is 6.79. The first-order chi connectivity index (χ1) is 13.1. The van der Waals surface area contributed by atoms with E-state index in [9.17, 15) is 18.0 Å². The molecule has 28 heavy (non-hydrogen) atoms. The number of hydrogen-bond donors (Lipinski definition) is 2. The number of amides is 2. The SMILES string of the molecule is Cc1cc(NC(=O)Nc2ccc(N3CC(C)OC(C)C3)c(C(F)(F)F)c2)no1. The normalized spacial score (nSPS) is 20.1. The number of ether oxygens (including phenoxy) is 1. The number of benzene rings is 1. The van der Waals surface area contributed by atoms with Gasteiger partial charge in [-0.1, -0.05) is 5.16 Å². The van der Waals surface area contributed by atoms with E-state index < -0.39 is 17.8 Å². The zero-order valence-electron chi connectivity index (χ0n) is 15.6. The lowest BCUT2D eigenvalue weighted by atomic mass is 10.1. The molecule has 1 aromatic heterocycles. The summed E-state index contributed by atoms with van der Waals surface area (Å²) in [7, 11) is 0. The molecule has 1 aliphatic rings. The van der Waals surface area contributed by atoms with E-state index in [2.05, 4.69) is 15.8 Å². The van der Waals surface area contributed by atoms with Crippen molar-refractivity contribution in [1.29, 1.82) is 0 Å². The van der Waals surface area contributed by atoms with Crippen molar-refractivity contribution in [3.8, 4) is 0 Å². The zero-order valence-corrected chi connectivity index (χ0v) is 15.6. The Bertz CT molecular complexity index is 843. The summed E-state index contributed by atoms with van der Waals surface area (Å²) in [5.74, 6) is 0.659. The monoisotopic (exact) mass is 398 g/mol. The molecular formula is C18H21F3N4O3. The maximum absolute atomic E-state index is 13.7. The number of nitrogens with zero attached hydrogens (tertiary/aromatic N) is 2. The van der Waals surface area contributed by atoms with E-state index in [1.54, 1.807) is 11.8 Å². The molecule has 2 aromatic rings. The van der Waals surface area contributed by atoms with E-state index >= 15 is 0 Å². The highest BCUT2D eigenvalue weighted by molar-refractivity contribution is 5.99. The minimum Gasteiger partial charge on any atom is -0.372 e. The number of morpholine rings is 1. The van der Waals surface area contributed by atoms with Crippen LogP contribution >= 0.6 is 0 Å². The molecule has 1 aromatic carbocycles. The van der Waals surface area contributed by atoms with Crippen molar-refractivity contribution in [2.24, 2.45) is 0 Å². The van der Waals surface area contributed by atoms with Crippen LogP contribution in [0, 0.1) is 6.92 Å². The van der Waals surface area contributed by atoms with Crippen LogP contribution in [-0.4, -0.2) is 36.5 Å². The van der Waals surface area contributed by atoms with Gasteiger partial charge in [-0.05, 0) is 39.0 Å². The third kappa shape index (κ3) is 4.75. The highest BCUT2D eigenvalue weighted by atomic mass is 19.4. The molecule has 0 bridgehead atoms. The van der Waals surface area contributed by atoms with Gasteiger partial charge in [0.2, 0.25) is 0 Å². The van der Waals surface area contributed by atoms with E-state index in [4.69, 9.17) is 9.26 Å². The summed E-state index contributed by atoms with van der Waals surface area (Å²) in [6, 6.07) is 4.49. The third-order valence-electron chi connectivity index (χ3n) is 4.19. The average Bonchev–Trinajstić information content (AvgIpc) is 2.97. The first kappa shape index (κ1) is 20.0. The van der Waals surface area contributed by atoms with Gasteiger partial charge < -0.3 is 19.5 Å². The summed E-state index contributed by atoms with van der Waals surface area (Å²) in [6.45, 7) is 6.00. The van der Waals surface area contributed by atoms with Gasteiger partial charge >= 0.3 is 12.2 Å². The van der Waals surface area contributed by atoms with Crippen LogP contribution in [0.4, 0.5) is 35.2 Å². The van der Waals surface area contributed by atoms with Crippen molar-refractivity contribution in [2.45, 2.75) is 39.2 Å². The highest BCUT2D eigenvalue weighted by Gasteiger charge is 2.36. The Balaban J connectivity index is 1.81. The number of carbonyl (C=O) groups is 1. The topological polar surface area (TPSA) is 79.6 Å². The van der Waals surface area contributed by atoms with E-state index in [-0.39, 0.29) is 29.4 Å². The summed E-state index contributed by atoms with van der Waals surface area (Å²) in [5, 5.41) is 8.38. The molecule has 152 valence electrons. The average molecular weight is 398 g/mol. The third-order valence-corrected chi connectivity index (χ3v) is 4.19. The fraction of sp³-hybridized carbons (Fsp3) is 0.444. The van der Waals surface area contributed by atoms with Crippen LogP contribution in [0.15, 0.2) is 28.8 Å². The van der Waals surface area contributed by atoms with Gasteiger partial charge in [0.05, 0.1) is 17.8 Å². The molecule has 0 radical (unpaired) electrons. The van der Waals surface area contributed by atoms with Gasteiger partial charge in [0.1, 0.15) is 5.76 Å². The van der Waals surface area contributed by atoms with Crippen molar-refractivity contribution >= 4 is 23.2 Å². The molecule has 1 fully saturated rings. The molecule has 1 aliphatic heterocycles. The van der Waals surface area contributed by atoms with Crippen LogP contribution in [0.25, 0.3) is 0 Å². The number of nitrogens with one attached hydrogen (secondary N) is 2. The van der Waals surface area contributed by atoms with Gasteiger partial charge in [0.15, 0.2) is 5.82 Å². The molecule has 2 atom stereocenters. The number of aryl methyl sites for hydroxylation is 1. The van der Waals surface area contributed by atoms with Gasteiger partial charge in [0, 0.05) is 30.5 Å². The zero-order chi connectivity index (χ0) is 20.5. The number of rotatable bonds is 3. The van der Waals surface area contributed by atoms with Gasteiger partial charge in [-0.2, -0.15) is 13.2 Å². The van der Waals surface area contributed by atoms with Crippen molar-refractivity contribution in [1.82, 2.24) is 5.16 Å². The second kappa shape index (κ2) is 7.70. The van der Waals surface area contributed by atoms with Crippen molar-refractivity contribution in [3.63, 3.8) is 0 Å². The lowest BCUT2D eigenvalue weighted by molar-refractivity contribution is -0.137. The molecule has 7 nitrogen and oxygen atoms in total. The van der Waals surface area contributed by atoms with Crippen molar-refractivity contribution < 1.29 is 27.2 Å². The first-order valence-corrected chi connectivity index (χ1v) is 8.75. The van der Waals surface area contributed by atoms with E-state index in [0.717, 1.165) is 6.07 Å². The Morgan fingerprint density at radius 2 is 1.86 bits per heavy atom. The van der Waals surface area contributed by atoms with E-state index in [0.29, 0.717) is 18.8 Å². The fourth-order valence-corrected chi connectivity index (χ4v) is 3.20. The van der Waals surface area contributed by atoms with Crippen LogP contribution in [0.3, 0.4) is 0 Å². The van der Waals surface area contributed by atoms with Crippen LogP contribution in [0.2, 0.25) is 0 Å². The summed E-state index contributed by atoms with van der Waals surface area (Å²) in [4.78, 5) is 13.7. The summed E-state index contributed by atoms with van der Waals surface area (Å²) >= 11 is 0. The van der Waals surface area contributed by atoms with Crippen LogP contribution in [-0.2, 0) is 10.9 Å². The molecule has 1 saturated heterocycles. The Labute approximate surface area is 159 Å². The van der Waals surface area contributed by atoms with Gasteiger partial charge in [-0.3, -0.25) is 5.32 Å². The first-order valence-electron chi connectivity index (χ1n) is 8.75. The fourth-order valence-electron chi connectivity index (χ4n) is 3.20. The minimum atomic E-state index is -4.57. The Hall–Kier alpha value is -2.75. The number of urea groups is 1. The second-order valence-corrected chi connectivity index (χ2v) is 6.79. The van der Waals surface area contributed by atoms with Crippen molar-refractivity contribution in [2.75, 3.05) is 28.6 Å². The molecule has 2 heterocycles. The van der Waals surface area contributed by atoms with E-state index in [1.807, 2.05) is 13.8 Å². The smallest absolute Gasteiger partial charge is 0.372 e. The van der Waals surface area contributed by atoms with Gasteiger partial charge in [-0.25, -0.2) is 4.79 Å². The maximum Gasteiger partial charge on any atom is 0.418 e. The van der Waals surface area contributed by atoms with Gasteiger partial charge in [0.25, 0.3) is 0 Å². The molecule has 0 spiro atoms. The van der Waals surface area contributed by atoms with E-state index in [1.165, 1.54) is 18.2 Å². The molecule has 2 unspecified atom stereocenters. The molecule has 2 amide bonds. The van der Waals surface area contributed by atoms with Crippen LogP contribution in [0.5, 0.6) is 0 Å². The highest BCUT2D eigenvalue weighted by Crippen LogP contribution is 2.39. The lowest BCUT2D eigenvalue weighted by Gasteiger charge is -2.38. The van der Waals surface area contributed by atoms with Gasteiger partial charge in [-0.15, -0.1) is 0 Å². The predicted molar refractivity (Wildman–Crippen MR) is 97.5 cm³/mol. The number of carbonyl (C=O) groups excluding carboxylic acids is 1. The van der Waals surface area contributed by atoms with Crippen LogP contribution < -0.4 is 15.5 Å². The summed E-state index contributed by atoms with van der Waals surface area (Å²) in [5.41, 5.74) is -0.736. The standard InChI is InChI=1S/C18H21F3N4O3/c1-10-6-16(24-28-10)23-17(26)22-13-4-5-15(14(7-13)18(19,20)21)25-8-11(2)27-12(3)9-25/h4-7,11-12H,8-9H2,1-3H3,(H2,22,23,24,26). The predicted octanol–water partition coefficient (Wildman–Crippen LogP) is 4.26. The van der Waals surface area contributed by atoms with Crippen LogP contribution in [0.1, 0.15) is 25.2 Å². The molecule has 0 aliphatic carbocycles. The summed E-state index contributed by atoms with van der Waals surface area (Å²) < 4.78 is 51.4. The van der Waals surface area contributed by atoms with Crippen molar-refractivity contribution in [3.05, 3.63) is 35.6 Å². The Kier molecular flexibility index (Phi) is 5.50. The number of hydrogen-bond acceptors (Lipinski definition) is 5. The molecule has 0 saturated carbocycles.